The Labute approximate surface area is 183 Å². The predicted molar refractivity (Wildman–Crippen MR) is 117 cm³/mol. The minimum atomic E-state index is -1.02. The Kier molecular flexibility index (Phi) is 5.56. The molecule has 1 aliphatic heterocycles. The lowest BCUT2D eigenvalue weighted by atomic mass is 10.0. The van der Waals surface area contributed by atoms with Gasteiger partial charge in [-0.3, -0.25) is 14.5 Å². The van der Waals surface area contributed by atoms with Crippen LogP contribution in [0.15, 0.2) is 48.7 Å². The Morgan fingerprint density at radius 3 is 2.81 bits per heavy atom. The summed E-state index contributed by atoms with van der Waals surface area (Å²) in [5.74, 6) is -0.563. The zero-order valence-electron chi connectivity index (χ0n) is 16.9. The monoisotopic (exact) mass is 440 g/mol. The highest BCUT2D eigenvalue weighted by molar-refractivity contribution is 6.31. The second-order valence-electron chi connectivity index (χ2n) is 7.28. The molecule has 2 atom stereocenters. The van der Waals surface area contributed by atoms with E-state index < -0.39 is 29.9 Å². The van der Waals surface area contributed by atoms with E-state index >= 15 is 0 Å². The van der Waals surface area contributed by atoms with Crippen molar-refractivity contribution in [1.82, 2.24) is 15.2 Å². The number of hydrogen-bond acceptors (Lipinski definition) is 4. The number of ether oxygens (including phenoxy) is 1. The van der Waals surface area contributed by atoms with Gasteiger partial charge in [0.1, 0.15) is 17.8 Å². The highest BCUT2D eigenvalue weighted by Gasteiger charge is 2.43. The van der Waals surface area contributed by atoms with Gasteiger partial charge >= 0.3 is 6.03 Å². The third-order valence-electron chi connectivity index (χ3n) is 5.34. The molecule has 31 heavy (non-hydrogen) atoms. The molecule has 160 valence electrons. The number of nitrogens with one attached hydrogen (secondary N) is 3. The summed E-state index contributed by atoms with van der Waals surface area (Å²) in [7, 11) is 1.47. The number of aromatic amines is 1. The van der Waals surface area contributed by atoms with Gasteiger partial charge in [0.25, 0.3) is 5.91 Å². The number of aromatic nitrogens is 1. The number of rotatable bonds is 6. The van der Waals surface area contributed by atoms with Crippen LogP contribution in [-0.2, 0) is 16.0 Å². The van der Waals surface area contributed by atoms with E-state index in [1.807, 2.05) is 30.5 Å². The summed E-state index contributed by atoms with van der Waals surface area (Å²) in [4.78, 5) is 42.4. The summed E-state index contributed by atoms with van der Waals surface area (Å²) >= 11 is 6.00. The molecular formula is C22H21ClN4O4. The molecule has 1 aliphatic rings. The molecular weight excluding hydrogens is 420 g/mol. The van der Waals surface area contributed by atoms with Crippen LogP contribution >= 0.6 is 11.6 Å². The molecule has 0 spiro atoms. The maximum Gasteiger partial charge on any atom is 0.325 e. The zero-order chi connectivity index (χ0) is 22.1. The fourth-order valence-electron chi connectivity index (χ4n) is 3.71. The van der Waals surface area contributed by atoms with Gasteiger partial charge in [-0.25, -0.2) is 4.79 Å². The summed E-state index contributed by atoms with van der Waals surface area (Å²) in [6.07, 6.45) is 2.15. The summed E-state index contributed by atoms with van der Waals surface area (Å²) < 4.78 is 5.22. The molecule has 2 aromatic carbocycles. The summed E-state index contributed by atoms with van der Waals surface area (Å²) in [6, 6.07) is 10.1. The van der Waals surface area contributed by atoms with Gasteiger partial charge in [-0.05, 0) is 36.8 Å². The third-order valence-corrected chi connectivity index (χ3v) is 5.57. The number of anilines is 1. The second-order valence-corrected chi connectivity index (χ2v) is 7.72. The molecule has 1 saturated heterocycles. The summed E-state index contributed by atoms with van der Waals surface area (Å²) in [6.45, 7) is 1.50. The van der Waals surface area contributed by atoms with Crippen LogP contribution in [-0.4, -0.2) is 46.9 Å². The number of nitrogens with zero attached hydrogens (tertiary/aromatic N) is 1. The van der Waals surface area contributed by atoms with Gasteiger partial charge in [0.2, 0.25) is 5.91 Å². The van der Waals surface area contributed by atoms with E-state index in [0.717, 1.165) is 21.4 Å². The van der Waals surface area contributed by atoms with Gasteiger partial charge in [0.05, 0.1) is 12.8 Å². The minimum absolute atomic E-state index is 0.321. The number of benzene rings is 2. The molecule has 3 N–H and O–H groups in total. The Balaban J connectivity index is 1.49. The molecule has 0 radical (unpaired) electrons. The first-order chi connectivity index (χ1) is 14.9. The van der Waals surface area contributed by atoms with Gasteiger partial charge in [0, 0.05) is 28.5 Å². The van der Waals surface area contributed by atoms with Crippen LogP contribution in [0.4, 0.5) is 10.5 Å². The molecule has 4 rings (SSSR count). The highest BCUT2D eigenvalue weighted by atomic mass is 35.5. The quantitative estimate of drug-likeness (QED) is 0.511. The van der Waals surface area contributed by atoms with Crippen LogP contribution < -0.4 is 15.4 Å². The normalized spacial score (nSPS) is 17.0. The number of carbonyl (C=O) groups excluding carboxylic acids is 3. The van der Waals surface area contributed by atoms with Crippen molar-refractivity contribution in [2.24, 2.45) is 0 Å². The lowest BCUT2D eigenvalue weighted by Gasteiger charge is -2.21. The smallest absolute Gasteiger partial charge is 0.325 e. The second kappa shape index (κ2) is 8.31. The Hall–Kier alpha value is -3.52. The molecule has 2 heterocycles. The Morgan fingerprint density at radius 1 is 1.26 bits per heavy atom. The van der Waals surface area contributed by atoms with E-state index in [9.17, 15) is 14.4 Å². The first-order valence-electron chi connectivity index (χ1n) is 9.72. The summed E-state index contributed by atoms with van der Waals surface area (Å²) in [5.41, 5.74) is 2.22. The largest absolute Gasteiger partial charge is 0.495 e. The van der Waals surface area contributed by atoms with Crippen molar-refractivity contribution in [2.45, 2.75) is 25.4 Å². The number of imide groups is 1. The Bertz CT molecular complexity index is 1180. The Morgan fingerprint density at radius 2 is 2.03 bits per heavy atom. The van der Waals surface area contributed by atoms with E-state index in [-0.39, 0.29) is 0 Å². The van der Waals surface area contributed by atoms with E-state index in [1.165, 1.54) is 20.1 Å². The van der Waals surface area contributed by atoms with Crippen molar-refractivity contribution in [3.05, 3.63) is 59.2 Å². The highest BCUT2D eigenvalue weighted by Crippen LogP contribution is 2.28. The van der Waals surface area contributed by atoms with Gasteiger partial charge < -0.3 is 20.4 Å². The summed E-state index contributed by atoms with van der Waals surface area (Å²) in [5, 5.41) is 6.77. The standard InChI is InChI=1S/C22H21ClN4O4/c1-12(20(28)25-17-10-14(23)7-8-19(17)31-2)27-21(29)18(26-22(27)30)9-13-11-24-16-6-4-3-5-15(13)16/h3-8,10-12,18,24H,9H2,1-2H3,(H,25,28)(H,26,30)/t12-,18-/m0/s1. The van der Waals surface area contributed by atoms with Crippen LogP contribution in [0.5, 0.6) is 5.75 Å². The number of methoxy groups -OCH3 is 1. The van der Waals surface area contributed by atoms with Crippen molar-refractivity contribution in [3.63, 3.8) is 0 Å². The lowest BCUT2D eigenvalue weighted by Crippen LogP contribution is -2.46. The van der Waals surface area contributed by atoms with E-state index in [2.05, 4.69) is 15.6 Å². The third kappa shape index (κ3) is 3.94. The van der Waals surface area contributed by atoms with E-state index in [1.54, 1.807) is 12.1 Å². The van der Waals surface area contributed by atoms with Gasteiger partial charge in [0.15, 0.2) is 0 Å². The average Bonchev–Trinajstić information content (AvgIpc) is 3.28. The number of halogens is 1. The lowest BCUT2D eigenvalue weighted by molar-refractivity contribution is -0.133. The fraction of sp³-hybridized carbons (Fsp3) is 0.227. The van der Waals surface area contributed by atoms with Gasteiger partial charge in [-0.15, -0.1) is 0 Å². The van der Waals surface area contributed by atoms with Crippen LogP contribution in [0, 0.1) is 0 Å². The zero-order valence-corrected chi connectivity index (χ0v) is 17.7. The predicted octanol–water partition coefficient (Wildman–Crippen LogP) is 3.32. The molecule has 0 bridgehead atoms. The van der Waals surface area contributed by atoms with Crippen LogP contribution in [0.2, 0.25) is 5.02 Å². The fourth-order valence-corrected chi connectivity index (χ4v) is 3.88. The number of carbonyl (C=O) groups is 3. The first kappa shape index (κ1) is 20.7. The van der Waals surface area contributed by atoms with Gasteiger partial charge in [-0.1, -0.05) is 29.8 Å². The minimum Gasteiger partial charge on any atom is -0.495 e. The van der Waals surface area contributed by atoms with Crippen molar-refractivity contribution in [2.75, 3.05) is 12.4 Å². The average molecular weight is 441 g/mol. The SMILES string of the molecule is COc1ccc(Cl)cc1NC(=O)[C@H](C)N1C(=O)N[C@@H](Cc2c[nH]c3ccccc23)C1=O. The number of H-pyrrole nitrogens is 1. The van der Waals surface area contributed by atoms with E-state index in [0.29, 0.717) is 22.9 Å². The maximum absolute atomic E-state index is 13.0. The maximum atomic E-state index is 13.0. The molecule has 9 heteroatoms. The molecule has 3 aromatic rings. The topological polar surface area (TPSA) is 104 Å². The molecule has 8 nitrogen and oxygen atoms in total. The molecule has 1 aromatic heterocycles. The number of urea groups is 1. The van der Waals surface area contributed by atoms with Crippen molar-refractivity contribution < 1.29 is 19.1 Å². The number of hydrogen-bond donors (Lipinski definition) is 3. The molecule has 0 unspecified atom stereocenters. The molecule has 4 amide bonds. The number of para-hydroxylation sites is 1. The molecule has 1 fully saturated rings. The number of amides is 4. The first-order valence-corrected chi connectivity index (χ1v) is 10.1. The molecule has 0 saturated carbocycles. The van der Waals surface area contributed by atoms with Crippen molar-refractivity contribution >= 4 is 46.0 Å². The van der Waals surface area contributed by atoms with Crippen LogP contribution in [0.3, 0.4) is 0 Å². The van der Waals surface area contributed by atoms with E-state index in [4.69, 9.17) is 16.3 Å². The van der Waals surface area contributed by atoms with Crippen molar-refractivity contribution in [1.29, 1.82) is 0 Å². The van der Waals surface area contributed by atoms with Crippen LogP contribution in [0.1, 0.15) is 12.5 Å². The van der Waals surface area contributed by atoms with Crippen molar-refractivity contribution in [3.8, 4) is 5.75 Å². The molecule has 0 aliphatic carbocycles. The number of fused-ring (bicyclic) bond motifs is 1. The van der Waals surface area contributed by atoms with Gasteiger partial charge in [-0.2, -0.15) is 0 Å². The van der Waals surface area contributed by atoms with Crippen LogP contribution in [0.25, 0.3) is 10.9 Å².